The average molecular weight is 200 g/mol. The first-order valence-corrected chi connectivity index (χ1v) is 5.38. The predicted molar refractivity (Wildman–Crippen MR) is 49.4 cm³/mol. The molecule has 0 radical (unpaired) electrons. The second-order valence-electron chi connectivity index (χ2n) is 2.98. The minimum atomic E-state index is 0.407. The molecule has 5 heteroatoms. The van der Waals surface area contributed by atoms with Crippen molar-refractivity contribution in [2.24, 2.45) is 0 Å². The maximum absolute atomic E-state index is 5.02. The third kappa shape index (κ3) is 2.03. The van der Waals surface area contributed by atoms with Crippen molar-refractivity contribution in [1.29, 1.82) is 0 Å². The van der Waals surface area contributed by atoms with Crippen molar-refractivity contribution in [3.05, 3.63) is 11.7 Å². The lowest BCUT2D eigenvalue weighted by Crippen LogP contribution is -1.92. The molecule has 1 aromatic rings. The van der Waals surface area contributed by atoms with E-state index in [2.05, 4.69) is 10.1 Å². The van der Waals surface area contributed by atoms with Gasteiger partial charge >= 0.3 is 0 Å². The number of nitrogens with zero attached hydrogens (tertiary/aromatic N) is 2. The van der Waals surface area contributed by atoms with Gasteiger partial charge in [0.2, 0.25) is 0 Å². The highest BCUT2D eigenvalue weighted by Gasteiger charge is 2.22. The highest BCUT2D eigenvalue weighted by Crippen LogP contribution is 2.38. The zero-order valence-electron chi connectivity index (χ0n) is 7.52. The second kappa shape index (κ2) is 4.11. The molecular formula is C8H12N2O2S. The number of hydrogen-bond donors (Lipinski definition) is 0. The Morgan fingerprint density at radius 1 is 1.69 bits per heavy atom. The van der Waals surface area contributed by atoms with Crippen LogP contribution in [-0.2, 0) is 11.3 Å². The van der Waals surface area contributed by atoms with Gasteiger partial charge in [-0.1, -0.05) is 5.16 Å². The zero-order chi connectivity index (χ0) is 9.10. The third-order valence-electron chi connectivity index (χ3n) is 1.97. The molecule has 1 fully saturated rings. The monoisotopic (exact) mass is 200 g/mol. The second-order valence-corrected chi connectivity index (χ2v) is 4.29. The van der Waals surface area contributed by atoms with Gasteiger partial charge in [0.15, 0.2) is 5.82 Å². The van der Waals surface area contributed by atoms with E-state index in [9.17, 15) is 0 Å². The lowest BCUT2D eigenvalue weighted by Gasteiger charge is -1.98. The van der Waals surface area contributed by atoms with Gasteiger partial charge in [0, 0.05) is 7.11 Å². The Labute approximate surface area is 81.0 Å². The van der Waals surface area contributed by atoms with E-state index in [0.29, 0.717) is 17.7 Å². The Hall–Kier alpha value is -0.550. The van der Waals surface area contributed by atoms with Crippen LogP contribution in [0.25, 0.3) is 0 Å². The van der Waals surface area contributed by atoms with Gasteiger partial charge in [0.25, 0.3) is 5.89 Å². The Morgan fingerprint density at radius 3 is 3.31 bits per heavy atom. The minimum absolute atomic E-state index is 0.407. The van der Waals surface area contributed by atoms with Gasteiger partial charge in [-0.2, -0.15) is 16.7 Å². The molecule has 0 aromatic carbocycles. The molecule has 0 amide bonds. The smallest absolute Gasteiger partial charge is 0.252 e. The van der Waals surface area contributed by atoms with Gasteiger partial charge in [-0.15, -0.1) is 0 Å². The number of hydrogen-bond acceptors (Lipinski definition) is 5. The Balaban J connectivity index is 2.03. The zero-order valence-corrected chi connectivity index (χ0v) is 8.34. The molecule has 0 N–H and O–H groups in total. The molecule has 1 saturated heterocycles. The molecule has 1 aromatic heterocycles. The van der Waals surface area contributed by atoms with Crippen molar-refractivity contribution in [2.45, 2.75) is 24.7 Å². The Morgan fingerprint density at radius 2 is 2.62 bits per heavy atom. The summed E-state index contributed by atoms with van der Waals surface area (Å²) in [6.45, 7) is 0.407. The molecule has 13 heavy (non-hydrogen) atoms. The molecule has 1 aliphatic heterocycles. The molecule has 2 rings (SSSR count). The van der Waals surface area contributed by atoms with E-state index in [-0.39, 0.29) is 0 Å². The number of ether oxygens (including phenoxy) is 1. The standard InChI is InChI=1S/C8H12N2O2S/c1-11-5-7-9-8(10-12-7)6-3-2-4-13-6/h6H,2-5H2,1H3. The lowest BCUT2D eigenvalue weighted by molar-refractivity contribution is 0.151. The van der Waals surface area contributed by atoms with Crippen molar-refractivity contribution in [1.82, 2.24) is 10.1 Å². The topological polar surface area (TPSA) is 48.2 Å². The van der Waals surface area contributed by atoms with Gasteiger partial charge in [0.1, 0.15) is 6.61 Å². The Bertz CT molecular complexity index is 271. The maximum Gasteiger partial charge on any atom is 0.252 e. The van der Waals surface area contributed by atoms with Crippen LogP contribution in [0.2, 0.25) is 0 Å². The van der Waals surface area contributed by atoms with Crippen molar-refractivity contribution in [2.75, 3.05) is 12.9 Å². The molecule has 4 nitrogen and oxygen atoms in total. The van der Waals surface area contributed by atoms with E-state index >= 15 is 0 Å². The SMILES string of the molecule is COCc1nc(C2CCCS2)no1. The van der Waals surface area contributed by atoms with Crippen molar-refractivity contribution in [3.63, 3.8) is 0 Å². The van der Waals surface area contributed by atoms with E-state index < -0.39 is 0 Å². The van der Waals surface area contributed by atoms with Crippen LogP contribution in [0.3, 0.4) is 0 Å². The first kappa shape index (κ1) is 9.02. The van der Waals surface area contributed by atoms with Crippen molar-refractivity contribution >= 4 is 11.8 Å². The summed E-state index contributed by atoms with van der Waals surface area (Å²) in [4.78, 5) is 4.26. The highest BCUT2D eigenvalue weighted by molar-refractivity contribution is 7.99. The maximum atomic E-state index is 5.02. The normalized spacial score (nSPS) is 22.4. The largest absolute Gasteiger partial charge is 0.375 e. The molecule has 1 aliphatic rings. The van der Waals surface area contributed by atoms with Gasteiger partial charge in [-0.05, 0) is 18.6 Å². The molecule has 0 saturated carbocycles. The molecule has 0 aliphatic carbocycles. The van der Waals surface area contributed by atoms with Crippen LogP contribution in [0.5, 0.6) is 0 Å². The first-order chi connectivity index (χ1) is 6.40. The van der Waals surface area contributed by atoms with E-state index in [0.717, 1.165) is 12.2 Å². The minimum Gasteiger partial charge on any atom is -0.375 e. The molecular weight excluding hydrogens is 188 g/mol. The van der Waals surface area contributed by atoms with Crippen molar-refractivity contribution in [3.8, 4) is 0 Å². The fourth-order valence-corrected chi connectivity index (χ4v) is 2.56. The summed E-state index contributed by atoms with van der Waals surface area (Å²) in [6.07, 6.45) is 2.42. The first-order valence-electron chi connectivity index (χ1n) is 4.33. The molecule has 1 unspecified atom stereocenters. The van der Waals surface area contributed by atoms with E-state index in [4.69, 9.17) is 9.26 Å². The van der Waals surface area contributed by atoms with E-state index in [1.807, 2.05) is 11.8 Å². The lowest BCUT2D eigenvalue weighted by atomic mass is 10.2. The van der Waals surface area contributed by atoms with Crippen molar-refractivity contribution < 1.29 is 9.26 Å². The summed E-state index contributed by atoms with van der Waals surface area (Å²) >= 11 is 1.90. The third-order valence-corrected chi connectivity index (χ3v) is 3.34. The summed E-state index contributed by atoms with van der Waals surface area (Å²) < 4.78 is 9.92. The summed E-state index contributed by atoms with van der Waals surface area (Å²) in [7, 11) is 1.62. The molecule has 2 heterocycles. The summed E-state index contributed by atoms with van der Waals surface area (Å²) in [5.41, 5.74) is 0. The Kier molecular flexibility index (Phi) is 2.85. The fraction of sp³-hybridized carbons (Fsp3) is 0.750. The van der Waals surface area contributed by atoms with Crippen LogP contribution in [-0.4, -0.2) is 23.0 Å². The molecule has 0 bridgehead atoms. The van der Waals surface area contributed by atoms with Crippen LogP contribution < -0.4 is 0 Å². The predicted octanol–water partition coefficient (Wildman–Crippen LogP) is 1.78. The molecule has 1 atom stereocenters. The quantitative estimate of drug-likeness (QED) is 0.744. The van der Waals surface area contributed by atoms with Crippen LogP contribution >= 0.6 is 11.8 Å². The summed E-state index contributed by atoms with van der Waals surface area (Å²) in [5.74, 6) is 2.61. The molecule has 0 spiro atoms. The number of aromatic nitrogens is 2. The van der Waals surface area contributed by atoms with E-state index in [1.54, 1.807) is 7.11 Å². The molecule has 72 valence electrons. The fourth-order valence-electron chi connectivity index (χ4n) is 1.36. The van der Waals surface area contributed by atoms with Crippen LogP contribution in [0.15, 0.2) is 4.52 Å². The van der Waals surface area contributed by atoms with Gasteiger partial charge in [-0.25, -0.2) is 0 Å². The number of methoxy groups -OCH3 is 1. The van der Waals surface area contributed by atoms with Crippen LogP contribution in [0.1, 0.15) is 29.8 Å². The van der Waals surface area contributed by atoms with Gasteiger partial charge < -0.3 is 9.26 Å². The summed E-state index contributed by atoms with van der Waals surface area (Å²) in [6, 6.07) is 0. The number of thioether (sulfide) groups is 1. The van der Waals surface area contributed by atoms with Gasteiger partial charge in [-0.3, -0.25) is 0 Å². The summed E-state index contributed by atoms with van der Waals surface area (Å²) in [5, 5.41) is 4.37. The highest BCUT2D eigenvalue weighted by atomic mass is 32.2. The van der Waals surface area contributed by atoms with Gasteiger partial charge in [0.05, 0.1) is 5.25 Å². The van der Waals surface area contributed by atoms with Crippen LogP contribution in [0, 0.1) is 0 Å². The van der Waals surface area contributed by atoms with Crippen LogP contribution in [0.4, 0.5) is 0 Å². The number of rotatable bonds is 3. The average Bonchev–Trinajstić information content (AvgIpc) is 2.70. The van der Waals surface area contributed by atoms with E-state index in [1.165, 1.54) is 12.2 Å².